The fourth-order valence-electron chi connectivity index (χ4n) is 6.62. The van der Waals surface area contributed by atoms with Crippen LogP contribution in [-0.2, 0) is 4.79 Å². The van der Waals surface area contributed by atoms with Crippen LogP contribution < -0.4 is 5.32 Å². The van der Waals surface area contributed by atoms with Gasteiger partial charge >= 0.3 is 0 Å². The van der Waals surface area contributed by atoms with Gasteiger partial charge in [-0.1, -0.05) is 178 Å². The molecule has 0 spiro atoms. The van der Waals surface area contributed by atoms with E-state index in [1.165, 1.54) is 135 Å². The van der Waals surface area contributed by atoms with Gasteiger partial charge in [0.15, 0.2) is 0 Å². The summed E-state index contributed by atoms with van der Waals surface area (Å²) < 4.78 is 0. The molecule has 0 aromatic rings. The van der Waals surface area contributed by atoms with Crippen molar-refractivity contribution in [3.63, 3.8) is 0 Å². The number of hydrogen-bond donors (Lipinski definition) is 4. The molecular weight excluding hydrogens is 643 g/mol. The Bertz CT molecular complexity index is 850. The van der Waals surface area contributed by atoms with Gasteiger partial charge in [-0.05, 0) is 83.5 Å². The third-order valence-corrected chi connectivity index (χ3v) is 10.1. The second kappa shape index (κ2) is 42.1. The molecular formula is C47H87NO4. The Balaban J connectivity index is 3.72. The van der Waals surface area contributed by atoms with Crippen LogP contribution >= 0.6 is 0 Å². The lowest BCUT2D eigenvalue weighted by Gasteiger charge is -2.26. The van der Waals surface area contributed by atoms with Gasteiger partial charge in [0, 0.05) is 6.42 Å². The van der Waals surface area contributed by atoms with Gasteiger partial charge in [0.2, 0.25) is 5.91 Å². The predicted molar refractivity (Wildman–Crippen MR) is 227 cm³/mol. The molecule has 5 nitrogen and oxygen atoms in total. The van der Waals surface area contributed by atoms with Gasteiger partial charge in [-0.2, -0.15) is 0 Å². The molecule has 0 aliphatic rings. The van der Waals surface area contributed by atoms with Crippen molar-refractivity contribution < 1.29 is 20.1 Å². The fraction of sp³-hybridized carbons (Fsp3) is 0.809. The maximum Gasteiger partial charge on any atom is 0.220 e. The number of rotatable bonds is 40. The van der Waals surface area contributed by atoms with Crippen LogP contribution in [-0.4, -0.2) is 46.1 Å². The van der Waals surface area contributed by atoms with Crippen molar-refractivity contribution >= 4 is 5.91 Å². The van der Waals surface area contributed by atoms with E-state index < -0.39 is 18.2 Å². The molecule has 1 amide bonds. The Morgan fingerprint density at radius 3 is 1.33 bits per heavy atom. The average Bonchev–Trinajstić information content (AvgIpc) is 3.15. The SMILES string of the molecule is CCCCC/C=C\C/C=C\CCCCCCCCCC(=O)NC(CO)C(O)C(O)CCC/C=C/CC/C=C/CCCCCCCCCCCCCC. The summed E-state index contributed by atoms with van der Waals surface area (Å²) in [6.45, 7) is 4.13. The largest absolute Gasteiger partial charge is 0.394 e. The Morgan fingerprint density at radius 2 is 0.846 bits per heavy atom. The van der Waals surface area contributed by atoms with Gasteiger partial charge in [0.1, 0.15) is 6.10 Å². The van der Waals surface area contributed by atoms with Crippen LogP contribution in [0.3, 0.4) is 0 Å². The Morgan fingerprint density at radius 1 is 0.481 bits per heavy atom. The van der Waals surface area contributed by atoms with Crippen LogP contribution in [0, 0.1) is 0 Å². The van der Waals surface area contributed by atoms with Gasteiger partial charge in [-0.3, -0.25) is 4.79 Å². The van der Waals surface area contributed by atoms with Crippen LogP contribution in [0.25, 0.3) is 0 Å². The number of unbranched alkanes of at least 4 members (excludes halogenated alkanes) is 24. The Labute approximate surface area is 323 Å². The van der Waals surface area contributed by atoms with E-state index in [0.717, 1.165) is 57.8 Å². The van der Waals surface area contributed by atoms with Crippen molar-refractivity contribution in [1.82, 2.24) is 5.32 Å². The van der Waals surface area contributed by atoms with E-state index in [4.69, 9.17) is 0 Å². The van der Waals surface area contributed by atoms with Crippen molar-refractivity contribution in [3.05, 3.63) is 48.6 Å². The second-order valence-electron chi connectivity index (χ2n) is 15.2. The van der Waals surface area contributed by atoms with Crippen LogP contribution in [0.1, 0.15) is 219 Å². The highest BCUT2D eigenvalue weighted by Crippen LogP contribution is 2.14. The van der Waals surface area contributed by atoms with Crippen LogP contribution in [0.4, 0.5) is 0 Å². The van der Waals surface area contributed by atoms with Gasteiger partial charge in [0.05, 0.1) is 18.8 Å². The first-order chi connectivity index (χ1) is 25.6. The van der Waals surface area contributed by atoms with Crippen molar-refractivity contribution in [2.45, 2.75) is 238 Å². The summed E-state index contributed by atoms with van der Waals surface area (Å²) in [6.07, 6.45) is 53.6. The maximum absolute atomic E-state index is 12.4. The average molecular weight is 730 g/mol. The zero-order valence-corrected chi connectivity index (χ0v) is 34.4. The smallest absolute Gasteiger partial charge is 0.220 e. The lowest BCUT2D eigenvalue weighted by Crippen LogP contribution is -2.50. The Kier molecular flexibility index (Phi) is 40.7. The molecule has 4 N–H and O–H groups in total. The first-order valence-corrected chi connectivity index (χ1v) is 22.4. The normalized spacial score (nSPS) is 14.0. The summed E-state index contributed by atoms with van der Waals surface area (Å²) in [5, 5.41) is 33.5. The minimum Gasteiger partial charge on any atom is -0.394 e. The van der Waals surface area contributed by atoms with Gasteiger partial charge in [0.25, 0.3) is 0 Å². The summed E-state index contributed by atoms with van der Waals surface area (Å²) >= 11 is 0. The molecule has 52 heavy (non-hydrogen) atoms. The van der Waals surface area contributed by atoms with Crippen LogP contribution in [0.15, 0.2) is 48.6 Å². The summed E-state index contributed by atoms with van der Waals surface area (Å²) in [6, 6.07) is -0.837. The van der Waals surface area contributed by atoms with E-state index in [0.29, 0.717) is 12.8 Å². The highest BCUT2D eigenvalue weighted by molar-refractivity contribution is 5.76. The van der Waals surface area contributed by atoms with E-state index in [9.17, 15) is 20.1 Å². The molecule has 0 rings (SSSR count). The molecule has 0 saturated carbocycles. The highest BCUT2D eigenvalue weighted by Gasteiger charge is 2.26. The third kappa shape index (κ3) is 36.7. The summed E-state index contributed by atoms with van der Waals surface area (Å²) in [7, 11) is 0. The summed E-state index contributed by atoms with van der Waals surface area (Å²) in [4.78, 5) is 12.4. The van der Waals surface area contributed by atoms with Crippen LogP contribution in [0.5, 0.6) is 0 Å². The molecule has 304 valence electrons. The highest BCUT2D eigenvalue weighted by atomic mass is 16.3. The zero-order chi connectivity index (χ0) is 38.0. The number of carbonyl (C=O) groups is 1. The first-order valence-electron chi connectivity index (χ1n) is 22.4. The molecule has 0 fully saturated rings. The molecule has 0 aliphatic carbocycles. The van der Waals surface area contributed by atoms with Gasteiger partial charge in [-0.15, -0.1) is 0 Å². The number of aliphatic hydroxyl groups excluding tert-OH is 3. The molecule has 3 unspecified atom stereocenters. The lowest BCUT2D eigenvalue weighted by molar-refractivity contribution is -0.124. The molecule has 0 aromatic heterocycles. The van der Waals surface area contributed by atoms with Crippen molar-refractivity contribution in [2.75, 3.05) is 6.61 Å². The molecule has 0 saturated heterocycles. The van der Waals surface area contributed by atoms with E-state index >= 15 is 0 Å². The van der Waals surface area contributed by atoms with E-state index in [-0.39, 0.29) is 12.5 Å². The summed E-state index contributed by atoms with van der Waals surface area (Å²) in [5.74, 6) is -0.168. The quantitative estimate of drug-likeness (QED) is 0.0373. The molecule has 0 heterocycles. The van der Waals surface area contributed by atoms with Crippen molar-refractivity contribution in [3.8, 4) is 0 Å². The predicted octanol–water partition coefficient (Wildman–Crippen LogP) is 12.9. The van der Waals surface area contributed by atoms with E-state index in [1.807, 2.05) is 0 Å². The minimum atomic E-state index is -1.17. The number of allylic oxidation sites excluding steroid dienone is 8. The van der Waals surface area contributed by atoms with Gasteiger partial charge < -0.3 is 20.6 Å². The van der Waals surface area contributed by atoms with Crippen molar-refractivity contribution in [2.24, 2.45) is 0 Å². The molecule has 3 atom stereocenters. The third-order valence-electron chi connectivity index (χ3n) is 10.1. The maximum atomic E-state index is 12.4. The standard InChI is InChI=1S/C47H87NO4/c1-3-5-7-9-11-13-15-17-19-21-22-23-24-26-27-29-31-33-35-37-39-41-45(50)47(52)44(43-49)48-46(51)42-40-38-36-34-32-30-28-25-20-18-16-14-12-10-8-6-4-2/h12,14,18,20,26-27,33,35,44-45,47,49-50,52H,3-11,13,15-17,19,21-25,28-32,34,36-43H2,1-2H3,(H,48,51)/b14-12-,20-18-,27-26+,35-33+. The van der Waals surface area contributed by atoms with Crippen molar-refractivity contribution in [1.29, 1.82) is 0 Å². The lowest BCUT2D eigenvalue weighted by atomic mass is 10.0. The minimum absolute atomic E-state index is 0.168. The number of nitrogens with one attached hydrogen (secondary N) is 1. The zero-order valence-electron chi connectivity index (χ0n) is 34.4. The molecule has 0 aliphatic heterocycles. The molecule has 0 radical (unpaired) electrons. The Hall–Kier alpha value is -1.69. The van der Waals surface area contributed by atoms with E-state index in [2.05, 4.69) is 67.8 Å². The topological polar surface area (TPSA) is 89.8 Å². The van der Waals surface area contributed by atoms with Crippen LogP contribution in [0.2, 0.25) is 0 Å². The number of carbonyl (C=O) groups excluding carboxylic acids is 1. The number of hydrogen-bond acceptors (Lipinski definition) is 4. The molecule has 0 bridgehead atoms. The van der Waals surface area contributed by atoms with Gasteiger partial charge in [-0.25, -0.2) is 0 Å². The number of aliphatic hydroxyl groups is 3. The second-order valence-corrected chi connectivity index (χ2v) is 15.2. The first kappa shape index (κ1) is 50.3. The number of amides is 1. The fourth-order valence-corrected chi connectivity index (χ4v) is 6.62. The molecule has 5 heteroatoms. The monoisotopic (exact) mass is 730 g/mol. The summed E-state index contributed by atoms with van der Waals surface area (Å²) in [5.41, 5.74) is 0. The van der Waals surface area contributed by atoms with E-state index in [1.54, 1.807) is 0 Å². The molecule has 0 aromatic carbocycles.